The van der Waals surface area contributed by atoms with Crippen molar-refractivity contribution >= 4 is 0 Å². The van der Waals surface area contributed by atoms with Crippen molar-refractivity contribution in [3.63, 3.8) is 0 Å². The van der Waals surface area contributed by atoms with Crippen LogP contribution in [0.1, 0.15) is 52.4 Å². The van der Waals surface area contributed by atoms with Crippen LogP contribution in [0, 0.1) is 0 Å². The summed E-state index contributed by atoms with van der Waals surface area (Å²) in [4.78, 5) is 2.45. The Morgan fingerprint density at radius 3 is 2.44 bits per heavy atom. The van der Waals surface area contributed by atoms with Gasteiger partial charge in [0.1, 0.15) is 0 Å². The zero-order chi connectivity index (χ0) is 12.0. The lowest BCUT2D eigenvalue weighted by Gasteiger charge is -2.35. The molecule has 2 nitrogen and oxygen atoms in total. The molecule has 1 fully saturated rings. The average Bonchev–Trinajstić information content (AvgIpc) is 2.25. The molecule has 2 N–H and O–H groups in total. The Hall–Kier alpha value is -0.340. The SMILES string of the molecule is C=C(C)CN(CC)CCC1(N)CCCCC1. The highest BCUT2D eigenvalue weighted by Crippen LogP contribution is 2.28. The predicted octanol–water partition coefficient (Wildman–Crippen LogP) is 2.94. The van der Waals surface area contributed by atoms with E-state index in [9.17, 15) is 0 Å². The van der Waals surface area contributed by atoms with Gasteiger partial charge in [0.15, 0.2) is 0 Å². The molecule has 0 spiro atoms. The second-order valence-electron chi connectivity index (χ2n) is 5.50. The first-order valence-electron chi connectivity index (χ1n) is 6.71. The van der Waals surface area contributed by atoms with Crippen LogP contribution >= 0.6 is 0 Å². The van der Waals surface area contributed by atoms with Gasteiger partial charge in [-0.3, -0.25) is 4.90 Å². The van der Waals surface area contributed by atoms with Crippen LogP contribution < -0.4 is 5.73 Å². The first-order valence-corrected chi connectivity index (χ1v) is 6.71. The summed E-state index contributed by atoms with van der Waals surface area (Å²) in [6.45, 7) is 11.5. The minimum absolute atomic E-state index is 0.126. The van der Waals surface area contributed by atoms with Crippen LogP contribution in [0.5, 0.6) is 0 Å². The van der Waals surface area contributed by atoms with Gasteiger partial charge in [0.2, 0.25) is 0 Å². The molecule has 0 bridgehead atoms. The number of likely N-dealkylation sites (N-methyl/N-ethyl adjacent to an activating group) is 1. The van der Waals surface area contributed by atoms with E-state index in [-0.39, 0.29) is 5.54 Å². The number of hydrogen-bond acceptors (Lipinski definition) is 2. The lowest BCUT2D eigenvalue weighted by molar-refractivity contribution is 0.222. The fourth-order valence-electron chi connectivity index (χ4n) is 2.62. The van der Waals surface area contributed by atoms with Crippen molar-refractivity contribution in [2.75, 3.05) is 19.6 Å². The highest BCUT2D eigenvalue weighted by atomic mass is 15.1. The van der Waals surface area contributed by atoms with Crippen LogP contribution in [0.25, 0.3) is 0 Å². The summed E-state index contributed by atoms with van der Waals surface area (Å²) in [6.07, 6.45) is 7.61. The van der Waals surface area contributed by atoms with Gasteiger partial charge in [0, 0.05) is 18.6 Å². The summed E-state index contributed by atoms with van der Waals surface area (Å²) in [6, 6.07) is 0. The summed E-state index contributed by atoms with van der Waals surface area (Å²) < 4.78 is 0. The van der Waals surface area contributed by atoms with Crippen LogP contribution in [0.4, 0.5) is 0 Å². The summed E-state index contributed by atoms with van der Waals surface area (Å²) in [5.41, 5.74) is 7.82. The molecule has 0 atom stereocenters. The molecule has 0 aromatic heterocycles. The van der Waals surface area contributed by atoms with Gasteiger partial charge < -0.3 is 5.73 Å². The molecular formula is C14H28N2. The van der Waals surface area contributed by atoms with E-state index in [1.807, 2.05) is 0 Å². The molecule has 0 aliphatic heterocycles. The molecular weight excluding hydrogens is 196 g/mol. The van der Waals surface area contributed by atoms with E-state index in [0.717, 1.165) is 26.1 Å². The monoisotopic (exact) mass is 224 g/mol. The van der Waals surface area contributed by atoms with Crippen molar-refractivity contribution in [1.29, 1.82) is 0 Å². The van der Waals surface area contributed by atoms with Gasteiger partial charge in [-0.05, 0) is 32.7 Å². The van der Waals surface area contributed by atoms with Gasteiger partial charge in [0.05, 0.1) is 0 Å². The van der Waals surface area contributed by atoms with Gasteiger partial charge in [-0.2, -0.15) is 0 Å². The van der Waals surface area contributed by atoms with Crippen molar-refractivity contribution in [2.45, 2.75) is 57.9 Å². The molecule has 94 valence electrons. The van der Waals surface area contributed by atoms with E-state index in [0.29, 0.717) is 0 Å². The van der Waals surface area contributed by atoms with E-state index in [4.69, 9.17) is 5.73 Å². The largest absolute Gasteiger partial charge is 0.325 e. The Morgan fingerprint density at radius 2 is 1.94 bits per heavy atom. The smallest absolute Gasteiger partial charge is 0.0187 e. The minimum atomic E-state index is 0.126. The third-order valence-electron chi connectivity index (χ3n) is 3.72. The molecule has 1 aliphatic rings. The van der Waals surface area contributed by atoms with Crippen LogP contribution in [0.2, 0.25) is 0 Å². The molecule has 0 radical (unpaired) electrons. The van der Waals surface area contributed by atoms with Crippen molar-refractivity contribution < 1.29 is 0 Å². The number of rotatable bonds is 6. The first-order chi connectivity index (χ1) is 7.56. The normalized spacial score (nSPS) is 20.0. The number of nitrogens with two attached hydrogens (primary N) is 1. The maximum Gasteiger partial charge on any atom is 0.0187 e. The van der Waals surface area contributed by atoms with Crippen LogP contribution in [0.3, 0.4) is 0 Å². The lowest BCUT2D eigenvalue weighted by Crippen LogP contribution is -2.44. The summed E-state index contributed by atoms with van der Waals surface area (Å²) in [5, 5.41) is 0. The van der Waals surface area contributed by atoms with E-state index >= 15 is 0 Å². The Labute approximate surface area is 101 Å². The molecule has 1 aliphatic carbocycles. The van der Waals surface area contributed by atoms with E-state index in [1.165, 1.54) is 37.7 Å². The predicted molar refractivity (Wildman–Crippen MR) is 71.5 cm³/mol. The second kappa shape index (κ2) is 6.41. The fraction of sp³-hybridized carbons (Fsp3) is 0.857. The molecule has 16 heavy (non-hydrogen) atoms. The summed E-state index contributed by atoms with van der Waals surface area (Å²) >= 11 is 0. The second-order valence-corrected chi connectivity index (χ2v) is 5.50. The Kier molecular flexibility index (Phi) is 5.50. The van der Waals surface area contributed by atoms with Gasteiger partial charge in [-0.15, -0.1) is 0 Å². The molecule has 0 saturated heterocycles. The third kappa shape index (κ3) is 4.67. The zero-order valence-electron chi connectivity index (χ0n) is 11.1. The van der Waals surface area contributed by atoms with Crippen LogP contribution in [-0.4, -0.2) is 30.1 Å². The molecule has 0 heterocycles. The van der Waals surface area contributed by atoms with E-state index in [1.54, 1.807) is 0 Å². The number of hydrogen-bond donors (Lipinski definition) is 1. The number of nitrogens with zero attached hydrogens (tertiary/aromatic N) is 1. The highest BCUT2D eigenvalue weighted by Gasteiger charge is 2.27. The van der Waals surface area contributed by atoms with Gasteiger partial charge in [0.25, 0.3) is 0 Å². The standard InChI is InChI=1S/C14H28N2/c1-4-16(12-13(2)3)11-10-14(15)8-6-5-7-9-14/h2,4-12,15H2,1,3H3. The van der Waals surface area contributed by atoms with Crippen molar-refractivity contribution in [2.24, 2.45) is 5.73 Å². The maximum absolute atomic E-state index is 6.44. The van der Waals surface area contributed by atoms with Crippen LogP contribution in [-0.2, 0) is 0 Å². The molecule has 0 aromatic rings. The first kappa shape index (κ1) is 13.7. The van der Waals surface area contributed by atoms with Gasteiger partial charge >= 0.3 is 0 Å². The Bertz CT molecular complexity index is 217. The molecule has 2 heteroatoms. The lowest BCUT2D eigenvalue weighted by atomic mass is 9.80. The molecule has 0 aromatic carbocycles. The Morgan fingerprint density at radius 1 is 1.31 bits per heavy atom. The van der Waals surface area contributed by atoms with Crippen molar-refractivity contribution in [3.05, 3.63) is 12.2 Å². The van der Waals surface area contributed by atoms with Crippen molar-refractivity contribution in [1.82, 2.24) is 4.90 Å². The highest BCUT2D eigenvalue weighted by molar-refractivity contribution is 4.93. The van der Waals surface area contributed by atoms with E-state index in [2.05, 4.69) is 25.3 Å². The minimum Gasteiger partial charge on any atom is -0.325 e. The molecule has 0 unspecified atom stereocenters. The topological polar surface area (TPSA) is 29.3 Å². The van der Waals surface area contributed by atoms with Gasteiger partial charge in [-0.25, -0.2) is 0 Å². The fourth-order valence-corrected chi connectivity index (χ4v) is 2.62. The molecule has 1 rings (SSSR count). The quantitative estimate of drug-likeness (QED) is 0.703. The molecule has 0 amide bonds. The maximum atomic E-state index is 6.44. The van der Waals surface area contributed by atoms with Gasteiger partial charge in [-0.1, -0.05) is 38.3 Å². The average molecular weight is 224 g/mol. The van der Waals surface area contributed by atoms with Crippen molar-refractivity contribution in [3.8, 4) is 0 Å². The zero-order valence-corrected chi connectivity index (χ0v) is 11.1. The van der Waals surface area contributed by atoms with Crippen LogP contribution in [0.15, 0.2) is 12.2 Å². The van der Waals surface area contributed by atoms with E-state index < -0.39 is 0 Å². The third-order valence-corrected chi connectivity index (χ3v) is 3.72. The molecule has 1 saturated carbocycles. The summed E-state index contributed by atoms with van der Waals surface area (Å²) in [5.74, 6) is 0. The Balaban J connectivity index is 2.32. The summed E-state index contributed by atoms with van der Waals surface area (Å²) in [7, 11) is 0.